The van der Waals surface area contributed by atoms with Crippen LogP contribution in [0.4, 0.5) is 0 Å². The van der Waals surface area contributed by atoms with Crippen LogP contribution in [0.1, 0.15) is 54.4 Å². The molecule has 2 aliphatic rings. The zero-order valence-electron chi connectivity index (χ0n) is 14.3. The summed E-state index contributed by atoms with van der Waals surface area (Å²) < 4.78 is 0. The lowest BCUT2D eigenvalue weighted by molar-refractivity contribution is -0.128. The van der Waals surface area contributed by atoms with Crippen molar-refractivity contribution in [1.29, 1.82) is 0 Å². The Labute approximate surface area is 143 Å². The normalized spacial score (nSPS) is 22.0. The second-order valence-corrected chi connectivity index (χ2v) is 7.18. The van der Waals surface area contributed by atoms with Crippen molar-refractivity contribution in [1.82, 2.24) is 10.2 Å². The van der Waals surface area contributed by atoms with E-state index in [0.717, 1.165) is 6.54 Å². The molecule has 0 unspecified atom stereocenters. The molecular weight excluding hydrogens is 304 g/mol. The molecule has 0 spiro atoms. The second kappa shape index (κ2) is 7.24. The van der Waals surface area contributed by atoms with Crippen LogP contribution in [0, 0.1) is 12.8 Å². The van der Waals surface area contributed by atoms with Crippen LogP contribution in [0.25, 0.3) is 0 Å². The van der Waals surface area contributed by atoms with Crippen molar-refractivity contribution >= 4 is 11.8 Å². The van der Waals surface area contributed by atoms with Gasteiger partial charge in [0.05, 0.1) is 6.04 Å². The van der Waals surface area contributed by atoms with Gasteiger partial charge in [-0.25, -0.2) is 0 Å². The standard InChI is InChI=1S/C19H26N2O3/c1-13-9-15(7-8-17(13)22)19(24)20-16-10-18(23)21(12-16)11-14-5-3-2-4-6-14/h7-9,14,16,22H,2-6,10-12H2,1H3,(H,20,24)/t16-/m0/s1. The first-order valence-corrected chi connectivity index (χ1v) is 8.91. The molecular formula is C19H26N2O3. The number of carbonyl (C=O) groups is 2. The van der Waals surface area contributed by atoms with Gasteiger partial charge in [-0.3, -0.25) is 9.59 Å². The van der Waals surface area contributed by atoms with E-state index in [1.807, 2.05) is 4.90 Å². The number of nitrogens with one attached hydrogen (secondary N) is 1. The van der Waals surface area contributed by atoms with Crippen LogP contribution in [0.2, 0.25) is 0 Å². The summed E-state index contributed by atoms with van der Waals surface area (Å²) in [5.41, 5.74) is 1.19. The fourth-order valence-corrected chi connectivity index (χ4v) is 3.79. The first-order chi connectivity index (χ1) is 11.5. The monoisotopic (exact) mass is 330 g/mol. The van der Waals surface area contributed by atoms with Crippen molar-refractivity contribution in [2.45, 2.75) is 51.5 Å². The predicted octanol–water partition coefficient (Wildman–Crippen LogP) is 2.61. The van der Waals surface area contributed by atoms with Gasteiger partial charge in [0, 0.05) is 25.1 Å². The van der Waals surface area contributed by atoms with E-state index >= 15 is 0 Å². The number of nitrogens with zero attached hydrogens (tertiary/aromatic N) is 1. The van der Waals surface area contributed by atoms with Crippen LogP contribution in [0.15, 0.2) is 18.2 Å². The minimum Gasteiger partial charge on any atom is -0.508 e. The molecule has 1 atom stereocenters. The van der Waals surface area contributed by atoms with Gasteiger partial charge in [0.15, 0.2) is 0 Å². The fourth-order valence-electron chi connectivity index (χ4n) is 3.79. The van der Waals surface area contributed by atoms with Crippen LogP contribution >= 0.6 is 0 Å². The Morgan fingerprint density at radius 3 is 2.75 bits per heavy atom. The molecule has 130 valence electrons. The smallest absolute Gasteiger partial charge is 0.251 e. The van der Waals surface area contributed by atoms with Gasteiger partial charge in [0.1, 0.15) is 5.75 Å². The fraction of sp³-hybridized carbons (Fsp3) is 0.579. The Morgan fingerprint density at radius 1 is 1.29 bits per heavy atom. The van der Waals surface area contributed by atoms with Crippen molar-refractivity contribution in [2.24, 2.45) is 5.92 Å². The van der Waals surface area contributed by atoms with Crippen LogP contribution in [-0.2, 0) is 4.79 Å². The molecule has 2 amide bonds. The maximum atomic E-state index is 12.3. The largest absolute Gasteiger partial charge is 0.508 e. The summed E-state index contributed by atoms with van der Waals surface area (Å²) in [5.74, 6) is 0.765. The van der Waals surface area contributed by atoms with Crippen molar-refractivity contribution in [3.63, 3.8) is 0 Å². The number of hydrogen-bond donors (Lipinski definition) is 2. The Hall–Kier alpha value is -2.04. The number of phenols is 1. The van der Waals surface area contributed by atoms with E-state index in [0.29, 0.717) is 30.0 Å². The Morgan fingerprint density at radius 2 is 2.04 bits per heavy atom. The van der Waals surface area contributed by atoms with Crippen LogP contribution in [0.5, 0.6) is 5.75 Å². The third kappa shape index (κ3) is 3.89. The highest BCUT2D eigenvalue weighted by molar-refractivity contribution is 5.95. The number of benzene rings is 1. The van der Waals surface area contributed by atoms with E-state index < -0.39 is 0 Å². The van der Waals surface area contributed by atoms with Crippen LogP contribution in [-0.4, -0.2) is 41.0 Å². The van der Waals surface area contributed by atoms with Gasteiger partial charge in [-0.05, 0) is 49.4 Å². The van der Waals surface area contributed by atoms with Gasteiger partial charge < -0.3 is 15.3 Å². The summed E-state index contributed by atoms with van der Waals surface area (Å²) in [7, 11) is 0. The second-order valence-electron chi connectivity index (χ2n) is 7.18. The first-order valence-electron chi connectivity index (χ1n) is 8.91. The average molecular weight is 330 g/mol. The highest BCUT2D eigenvalue weighted by Gasteiger charge is 2.32. The minimum absolute atomic E-state index is 0.123. The highest BCUT2D eigenvalue weighted by atomic mass is 16.3. The molecule has 2 N–H and O–H groups in total. The van der Waals surface area contributed by atoms with Gasteiger partial charge in [0.2, 0.25) is 5.91 Å². The van der Waals surface area contributed by atoms with Gasteiger partial charge in [-0.2, -0.15) is 0 Å². The van der Waals surface area contributed by atoms with Crippen molar-refractivity contribution < 1.29 is 14.7 Å². The molecule has 1 heterocycles. The molecule has 5 heteroatoms. The van der Waals surface area contributed by atoms with Gasteiger partial charge in [-0.1, -0.05) is 19.3 Å². The maximum Gasteiger partial charge on any atom is 0.251 e. The number of hydrogen-bond acceptors (Lipinski definition) is 3. The molecule has 5 nitrogen and oxygen atoms in total. The molecule has 2 fully saturated rings. The summed E-state index contributed by atoms with van der Waals surface area (Å²) in [6, 6.07) is 4.68. The van der Waals surface area contributed by atoms with Crippen LogP contribution < -0.4 is 5.32 Å². The van der Waals surface area contributed by atoms with E-state index in [9.17, 15) is 14.7 Å². The topological polar surface area (TPSA) is 69.6 Å². The van der Waals surface area contributed by atoms with Crippen LogP contribution in [0.3, 0.4) is 0 Å². The number of carbonyl (C=O) groups excluding carboxylic acids is 2. The third-order valence-electron chi connectivity index (χ3n) is 5.21. The van der Waals surface area contributed by atoms with Crippen molar-refractivity contribution in [2.75, 3.05) is 13.1 Å². The molecule has 1 aromatic carbocycles. The summed E-state index contributed by atoms with van der Waals surface area (Å²) in [4.78, 5) is 26.5. The number of phenolic OH excluding ortho intramolecular Hbond substituents is 1. The van der Waals surface area contributed by atoms with E-state index in [4.69, 9.17) is 0 Å². The zero-order chi connectivity index (χ0) is 17.1. The molecule has 24 heavy (non-hydrogen) atoms. The van der Waals surface area contributed by atoms with Crippen molar-refractivity contribution in [3.8, 4) is 5.75 Å². The van der Waals surface area contributed by atoms with E-state index in [-0.39, 0.29) is 23.6 Å². The summed E-state index contributed by atoms with van der Waals surface area (Å²) in [6.07, 6.45) is 6.67. The maximum absolute atomic E-state index is 12.3. The molecule has 0 radical (unpaired) electrons. The molecule has 3 rings (SSSR count). The summed E-state index contributed by atoms with van der Waals surface area (Å²) >= 11 is 0. The molecule has 0 bridgehead atoms. The minimum atomic E-state index is -0.185. The lowest BCUT2D eigenvalue weighted by atomic mass is 9.89. The Bertz CT molecular complexity index is 623. The first kappa shape index (κ1) is 16.8. The number of likely N-dealkylation sites (tertiary alicyclic amines) is 1. The lowest BCUT2D eigenvalue weighted by Gasteiger charge is -2.27. The molecule has 1 saturated heterocycles. The number of amides is 2. The SMILES string of the molecule is Cc1cc(C(=O)N[C@H]2CC(=O)N(CC3CCCCC3)C2)ccc1O. The van der Waals surface area contributed by atoms with E-state index in [1.54, 1.807) is 19.1 Å². The molecule has 1 saturated carbocycles. The summed E-state index contributed by atoms with van der Waals surface area (Å²) in [6.45, 7) is 3.21. The zero-order valence-corrected chi connectivity index (χ0v) is 14.3. The molecule has 1 aromatic rings. The highest BCUT2D eigenvalue weighted by Crippen LogP contribution is 2.26. The Kier molecular flexibility index (Phi) is 5.07. The molecule has 0 aromatic heterocycles. The summed E-state index contributed by atoms with van der Waals surface area (Å²) in [5, 5.41) is 12.5. The average Bonchev–Trinajstić information content (AvgIpc) is 2.90. The van der Waals surface area contributed by atoms with Gasteiger partial charge in [0.25, 0.3) is 5.91 Å². The number of rotatable bonds is 4. The van der Waals surface area contributed by atoms with Gasteiger partial charge in [-0.15, -0.1) is 0 Å². The molecule has 1 aliphatic carbocycles. The lowest BCUT2D eigenvalue weighted by Crippen LogP contribution is -2.38. The quantitative estimate of drug-likeness (QED) is 0.891. The third-order valence-corrected chi connectivity index (χ3v) is 5.21. The predicted molar refractivity (Wildman–Crippen MR) is 91.9 cm³/mol. The van der Waals surface area contributed by atoms with E-state index in [1.165, 1.54) is 38.2 Å². The van der Waals surface area contributed by atoms with E-state index in [2.05, 4.69) is 5.32 Å². The van der Waals surface area contributed by atoms with Gasteiger partial charge >= 0.3 is 0 Å². The number of aryl methyl sites for hydroxylation is 1. The van der Waals surface area contributed by atoms with Crippen molar-refractivity contribution in [3.05, 3.63) is 29.3 Å². The number of aromatic hydroxyl groups is 1. The Balaban J connectivity index is 1.55. The molecule has 1 aliphatic heterocycles.